The van der Waals surface area contributed by atoms with Crippen LogP contribution in [0.4, 0.5) is 0 Å². The van der Waals surface area contributed by atoms with Crippen molar-refractivity contribution in [2.75, 3.05) is 0 Å². The molecule has 0 amide bonds. The first kappa shape index (κ1) is 12.8. The van der Waals surface area contributed by atoms with Crippen LogP contribution in [0, 0.1) is 11.8 Å². The second kappa shape index (κ2) is 5.45. The first-order valence-corrected chi connectivity index (χ1v) is 6.96. The second-order valence-electron chi connectivity index (χ2n) is 5.27. The molecule has 0 bridgehead atoms. The van der Waals surface area contributed by atoms with E-state index in [0.717, 1.165) is 31.4 Å². The Morgan fingerprint density at radius 1 is 1.00 bits per heavy atom. The van der Waals surface area contributed by atoms with Gasteiger partial charge in [0, 0.05) is 42.3 Å². The summed E-state index contributed by atoms with van der Waals surface area (Å²) in [5.41, 5.74) is 0.959. The highest BCUT2D eigenvalue weighted by molar-refractivity contribution is 5.83. The van der Waals surface area contributed by atoms with Crippen molar-refractivity contribution in [3.8, 4) is 0 Å². The molecule has 1 aliphatic rings. The molecular formula is C15H18N4O. The van der Waals surface area contributed by atoms with Gasteiger partial charge in [0.25, 0.3) is 0 Å². The third kappa shape index (κ3) is 2.31. The van der Waals surface area contributed by atoms with Crippen LogP contribution in [0.1, 0.15) is 30.5 Å². The summed E-state index contributed by atoms with van der Waals surface area (Å²) in [6.07, 6.45) is 14.5. The molecule has 0 spiro atoms. The minimum Gasteiger partial charge on any atom is -0.310 e. The third-order valence-electron chi connectivity index (χ3n) is 4.11. The molecule has 0 radical (unpaired) electrons. The van der Waals surface area contributed by atoms with Crippen molar-refractivity contribution in [3.63, 3.8) is 0 Å². The fourth-order valence-corrected chi connectivity index (χ4v) is 3.03. The molecule has 0 aromatic carbocycles. The number of imidazole rings is 2. The SMILES string of the molecule is C=C([C@@H]1CCCC[C@H]1C(=O)n1ccnc1)n1ccnc1. The highest BCUT2D eigenvalue weighted by Crippen LogP contribution is 2.37. The van der Waals surface area contributed by atoms with Crippen LogP contribution in [0.3, 0.4) is 0 Å². The van der Waals surface area contributed by atoms with E-state index >= 15 is 0 Å². The van der Waals surface area contributed by atoms with Crippen LogP contribution in [-0.2, 0) is 0 Å². The zero-order valence-corrected chi connectivity index (χ0v) is 11.4. The summed E-state index contributed by atoms with van der Waals surface area (Å²) < 4.78 is 3.51. The zero-order valence-electron chi connectivity index (χ0n) is 11.4. The van der Waals surface area contributed by atoms with Crippen LogP contribution < -0.4 is 0 Å². The van der Waals surface area contributed by atoms with Crippen molar-refractivity contribution < 1.29 is 4.79 Å². The van der Waals surface area contributed by atoms with E-state index in [4.69, 9.17) is 0 Å². The summed E-state index contributed by atoms with van der Waals surface area (Å²) in [6.45, 7) is 4.18. The van der Waals surface area contributed by atoms with Crippen molar-refractivity contribution in [3.05, 3.63) is 44.0 Å². The number of hydrogen-bond acceptors (Lipinski definition) is 3. The zero-order chi connectivity index (χ0) is 13.9. The Hall–Kier alpha value is -2.17. The predicted molar refractivity (Wildman–Crippen MR) is 75.9 cm³/mol. The van der Waals surface area contributed by atoms with Gasteiger partial charge >= 0.3 is 0 Å². The molecule has 2 aromatic heterocycles. The van der Waals surface area contributed by atoms with Crippen molar-refractivity contribution >= 4 is 11.6 Å². The maximum Gasteiger partial charge on any atom is 0.235 e. The molecule has 20 heavy (non-hydrogen) atoms. The molecule has 0 N–H and O–H groups in total. The van der Waals surface area contributed by atoms with Crippen LogP contribution in [-0.4, -0.2) is 25.0 Å². The lowest BCUT2D eigenvalue weighted by Gasteiger charge is -2.32. The van der Waals surface area contributed by atoms with Crippen molar-refractivity contribution in [2.24, 2.45) is 11.8 Å². The van der Waals surface area contributed by atoms with Crippen molar-refractivity contribution in [2.45, 2.75) is 25.7 Å². The van der Waals surface area contributed by atoms with E-state index in [2.05, 4.69) is 16.5 Å². The van der Waals surface area contributed by atoms with Crippen LogP contribution in [0.5, 0.6) is 0 Å². The van der Waals surface area contributed by atoms with Gasteiger partial charge in [-0.05, 0) is 12.8 Å². The molecule has 0 aliphatic heterocycles. The molecule has 2 aromatic rings. The van der Waals surface area contributed by atoms with Gasteiger partial charge in [-0.1, -0.05) is 19.4 Å². The lowest BCUT2D eigenvalue weighted by atomic mass is 9.77. The van der Waals surface area contributed by atoms with Gasteiger partial charge in [-0.15, -0.1) is 0 Å². The van der Waals surface area contributed by atoms with Gasteiger partial charge in [-0.3, -0.25) is 9.36 Å². The van der Waals surface area contributed by atoms with Crippen LogP contribution >= 0.6 is 0 Å². The van der Waals surface area contributed by atoms with E-state index in [9.17, 15) is 4.79 Å². The van der Waals surface area contributed by atoms with Crippen LogP contribution in [0.2, 0.25) is 0 Å². The standard InChI is InChI=1S/C15H18N4O/c1-12(18-8-6-16-10-18)13-4-2-3-5-14(13)15(20)19-9-7-17-11-19/h6-11,13-14H,1-5H2/t13-,14+/m0/s1. The predicted octanol–water partition coefficient (Wildman–Crippen LogP) is 2.70. The Kier molecular flexibility index (Phi) is 3.50. The smallest absolute Gasteiger partial charge is 0.235 e. The highest BCUT2D eigenvalue weighted by atomic mass is 16.2. The van der Waals surface area contributed by atoms with Gasteiger partial charge in [0.2, 0.25) is 5.91 Å². The number of carbonyl (C=O) groups is 1. The average molecular weight is 270 g/mol. The summed E-state index contributed by atoms with van der Waals surface area (Å²) in [7, 11) is 0. The van der Waals surface area contributed by atoms with E-state index in [1.54, 1.807) is 35.8 Å². The summed E-state index contributed by atoms with van der Waals surface area (Å²) >= 11 is 0. The molecular weight excluding hydrogens is 252 g/mol. The molecule has 0 unspecified atom stereocenters. The quantitative estimate of drug-likeness (QED) is 0.861. The summed E-state index contributed by atoms with van der Waals surface area (Å²) in [5.74, 6) is 0.272. The Morgan fingerprint density at radius 2 is 1.60 bits per heavy atom. The lowest BCUT2D eigenvalue weighted by Crippen LogP contribution is -2.32. The maximum absolute atomic E-state index is 12.6. The second-order valence-corrected chi connectivity index (χ2v) is 5.27. The average Bonchev–Trinajstić information content (AvgIpc) is 3.18. The van der Waals surface area contributed by atoms with Crippen molar-refractivity contribution in [1.29, 1.82) is 0 Å². The van der Waals surface area contributed by atoms with E-state index in [0.29, 0.717) is 0 Å². The molecule has 1 fully saturated rings. The van der Waals surface area contributed by atoms with Gasteiger partial charge < -0.3 is 4.57 Å². The number of hydrogen-bond donors (Lipinski definition) is 0. The monoisotopic (exact) mass is 270 g/mol. The van der Waals surface area contributed by atoms with E-state index in [1.807, 2.05) is 10.8 Å². The Labute approximate surface area is 118 Å². The molecule has 2 heterocycles. The van der Waals surface area contributed by atoms with E-state index in [-0.39, 0.29) is 17.7 Å². The first-order chi connectivity index (χ1) is 9.77. The first-order valence-electron chi connectivity index (χ1n) is 6.96. The number of nitrogens with zero attached hydrogens (tertiary/aromatic N) is 4. The van der Waals surface area contributed by atoms with E-state index < -0.39 is 0 Å². The number of aromatic nitrogens is 4. The highest BCUT2D eigenvalue weighted by Gasteiger charge is 2.33. The van der Waals surface area contributed by atoms with Crippen molar-refractivity contribution in [1.82, 2.24) is 19.1 Å². The minimum atomic E-state index is -0.0205. The molecule has 3 rings (SSSR count). The molecule has 5 nitrogen and oxygen atoms in total. The Balaban J connectivity index is 1.84. The minimum absolute atomic E-state index is 0.0205. The molecule has 1 aliphatic carbocycles. The molecule has 0 saturated heterocycles. The fourth-order valence-electron chi connectivity index (χ4n) is 3.03. The van der Waals surface area contributed by atoms with Gasteiger partial charge in [0.05, 0.1) is 6.33 Å². The number of rotatable bonds is 3. The summed E-state index contributed by atoms with van der Waals surface area (Å²) in [5, 5.41) is 0. The summed E-state index contributed by atoms with van der Waals surface area (Å²) in [6, 6.07) is 0. The van der Waals surface area contributed by atoms with Gasteiger partial charge in [0.1, 0.15) is 6.33 Å². The van der Waals surface area contributed by atoms with Gasteiger partial charge in [-0.2, -0.15) is 0 Å². The number of allylic oxidation sites excluding steroid dienone is 1. The van der Waals surface area contributed by atoms with Gasteiger partial charge in [-0.25, -0.2) is 9.97 Å². The molecule has 1 saturated carbocycles. The van der Waals surface area contributed by atoms with E-state index in [1.165, 1.54) is 0 Å². The molecule has 5 heteroatoms. The Morgan fingerprint density at radius 3 is 2.20 bits per heavy atom. The molecule has 104 valence electrons. The maximum atomic E-state index is 12.6. The van der Waals surface area contributed by atoms with Crippen LogP contribution in [0.25, 0.3) is 5.70 Å². The fraction of sp³-hybridized carbons (Fsp3) is 0.400. The lowest BCUT2D eigenvalue weighted by molar-refractivity contribution is 0.0766. The third-order valence-corrected chi connectivity index (χ3v) is 4.11. The topological polar surface area (TPSA) is 52.7 Å². The largest absolute Gasteiger partial charge is 0.310 e. The van der Waals surface area contributed by atoms with Gasteiger partial charge in [0.15, 0.2) is 0 Å². The normalized spacial score (nSPS) is 22.6. The summed E-state index contributed by atoms with van der Waals surface area (Å²) in [4.78, 5) is 20.6. The van der Waals surface area contributed by atoms with Crippen LogP contribution in [0.15, 0.2) is 44.0 Å². The number of carbonyl (C=O) groups excluding carboxylic acids is 1. The Bertz CT molecular complexity index is 531. The molecule has 2 atom stereocenters.